The Hall–Kier alpha value is -2.87. The zero-order valence-corrected chi connectivity index (χ0v) is 16.4. The number of hydrogen-bond acceptors (Lipinski definition) is 6. The van der Waals surface area contributed by atoms with Gasteiger partial charge in [-0.05, 0) is 54.1 Å². The van der Waals surface area contributed by atoms with Crippen LogP contribution in [0.15, 0.2) is 54.6 Å². The first kappa shape index (κ1) is 19.9. The Balaban J connectivity index is 1.74. The van der Waals surface area contributed by atoms with E-state index in [1.807, 2.05) is 18.2 Å². The highest BCUT2D eigenvalue weighted by Crippen LogP contribution is 2.32. The van der Waals surface area contributed by atoms with Crippen LogP contribution in [0.1, 0.15) is 15.2 Å². The first-order valence-electron chi connectivity index (χ1n) is 8.86. The van der Waals surface area contributed by atoms with Gasteiger partial charge in [0.15, 0.2) is 0 Å². The minimum Gasteiger partial charge on any atom is -0.497 e. The van der Waals surface area contributed by atoms with Crippen LogP contribution in [0, 0.1) is 0 Å². The number of amides is 1. The summed E-state index contributed by atoms with van der Waals surface area (Å²) in [6.45, 7) is 1.39. The predicted octanol–water partition coefficient (Wildman–Crippen LogP) is 3.34. The van der Waals surface area contributed by atoms with Crippen molar-refractivity contribution < 1.29 is 14.6 Å². The van der Waals surface area contributed by atoms with Gasteiger partial charge in [-0.25, -0.2) is 0 Å². The molecule has 0 bridgehead atoms. The molecule has 0 atom stereocenters. The van der Waals surface area contributed by atoms with Gasteiger partial charge in [0.05, 0.1) is 25.1 Å². The standard InChI is InChI=1S/C21H23N3O3S/c1-27-16-5-2-14(3-6-16)21(26)24-19-12-15(4-8-18(19)22)20-9-7-17(28-20)13-23-10-11-25/h2-9,12,23,25H,10-11,13,22H2,1H3,(H,24,26). The van der Waals surface area contributed by atoms with Gasteiger partial charge in [0, 0.05) is 28.4 Å². The summed E-state index contributed by atoms with van der Waals surface area (Å²) in [5.41, 5.74) is 8.65. The third kappa shape index (κ3) is 4.89. The van der Waals surface area contributed by atoms with Crippen molar-refractivity contribution in [2.24, 2.45) is 0 Å². The van der Waals surface area contributed by atoms with E-state index in [2.05, 4.69) is 16.7 Å². The highest BCUT2D eigenvalue weighted by atomic mass is 32.1. The summed E-state index contributed by atoms with van der Waals surface area (Å²) in [6, 6.07) is 16.6. The number of rotatable bonds is 8. The van der Waals surface area contributed by atoms with E-state index in [1.54, 1.807) is 48.8 Å². The summed E-state index contributed by atoms with van der Waals surface area (Å²) >= 11 is 1.66. The van der Waals surface area contributed by atoms with Crippen LogP contribution in [0.25, 0.3) is 10.4 Å². The average molecular weight is 398 g/mol. The van der Waals surface area contributed by atoms with Crippen LogP contribution >= 0.6 is 11.3 Å². The molecule has 5 N–H and O–H groups in total. The van der Waals surface area contributed by atoms with Crippen molar-refractivity contribution in [3.63, 3.8) is 0 Å². The van der Waals surface area contributed by atoms with Gasteiger partial charge in [0.1, 0.15) is 5.75 Å². The summed E-state index contributed by atoms with van der Waals surface area (Å²) in [7, 11) is 1.58. The molecule has 0 saturated heterocycles. The summed E-state index contributed by atoms with van der Waals surface area (Å²) in [4.78, 5) is 14.8. The van der Waals surface area contributed by atoms with E-state index in [-0.39, 0.29) is 12.5 Å². The van der Waals surface area contributed by atoms with Gasteiger partial charge in [-0.1, -0.05) is 6.07 Å². The maximum absolute atomic E-state index is 12.5. The fourth-order valence-corrected chi connectivity index (χ4v) is 3.65. The molecule has 1 amide bonds. The summed E-state index contributed by atoms with van der Waals surface area (Å²) in [6.07, 6.45) is 0. The topological polar surface area (TPSA) is 96.6 Å². The van der Waals surface area contributed by atoms with Crippen molar-refractivity contribution in [3.05, 3.63) is 65.0 Å². The number of aliphatic hydroxyl groups excluding tert-OH is 1. The van der Waals surface area contributed by atoms with Gasteiger partial charge in [-0.15, -0.1) is 11.3 Å². The molecule has 6 nitrogen and oxygen atoms in total. The molecule has 1 aromatic heterocycles. The molecule has 0 spiro atoms. The van der Waals surface area contributed by atoms with Crippen molar-refractivity contribution >= 4 is 28.6 Å². The highest BCUT2D eigenvalue weighted by molar-refractivity contribution is 7.15. The number of methoxy groups -OCH3 is 1. The molecule has 0 saturated carbocycles. The Labute approximate surface area is 168 Å². The molecule has 146 valence electrons. The molecule has 2 aromatic carbocycles. The first-order chi connectivity index (χ1) is 13.6. The molecule has 7 heteroatoms. The number of ether oxygens (including phenoxy) is 1. The van der Waals surface area contributed by atoms with Crippen molar-refractivity contribution in [1.82, 2.24) is 5.32 Å². The number of carbonyl (C=O) groups excluding carboxylic acids is 1. The quantitative estimate of drug-likeness (QED) is 0.345. The van der Waals surface area contributed by atoms with Crippen LogP contribution in [0.2, 0.25) is 0 Å². The van der Waals surface area contributed by atoms with Gasteiger partial charge in [0.2, 0.25) is 0 Å². The molecule has 0 unspecified atom stereocenters. The van der Waals surface area contributed by atoms with E-state index in [0.717, 1.165) is 10.4 Å². The van der Waals surface area contributed by atoms with Crippen molar-refractivity contribution in [2.75, 3.05) is 31.3 Å². The van der Waals surface area contributed by atoms with Crippen molar-refractivity contribution in [3.8, 4) is 16.2 Å². The van der Waals surface area contributed by atoms with Crippen LogP contribution < -0.4 is 21.1 Å². The molecule has 3 rings (SSSR count). The summed E-state index contributed by atoms with van der Waals surface area (Å²) in [5, 5.41) is 14.9. The number of carbonyl (C=O) groups is 1. The third-order valence-electron chi connectivity index (χ3n) is 4.19. The van der Waals surface area contributed by atoms with Crippen LogP contribution in [-0.2, 0) is 6.54 Å². The van der Waals surface area contributed by atoms with Crippen LogP contribution in [0.3, 0.4) is 0 Å². The molecular formula is C21H23N3O3S. The van der Waals surface area contributed by atoms with E-state index >= 15 is 0 Å². The second kappa shape index (κ2) is 9.36. The lowest BCUT2D eigenvalue weighted by Gasteiger charge is -2.10. The number of anilines is 2. The molecule has 0 aliphatic rings. The SMILES string of the molecule is COc1ccc(C(=O)Nc2cc(-c3ccc(CNCCO)s3)ccc2N)cc1. The second-order valence-electron chi connectivity index (χ2n) is 6.15. The number of nitrogen functional groups attached to an aromatic ring is 1. The summed E-state index contributed by atoms with van der Waals surface area (Å²) < 4.78 is 5.12. The zero-order valence-electron chi connectivity index (χ0n) is 15.6. The smallest absolute Gasteiger partial charge is 0.255 e. The van der Waals surface area contributed by atoms with Crippen molar-refractivity contribution in [2.45, 2.75) is 6.54 Å². The number of nitrogens with one attached hydrogen (secondary N) is 2. The molecule has 0 aliphatic heterocycles. The fraction of sp³-hybridized carbons (Fsp3) is 0.190. The molecule has 28 heavy (non-hydrogen) atoms. The minimum atomic E-state index is -0.230. The lowest BCUT2D eigenvalue weighted by Crippen LogP contribution is -2.16. The Morgan fingerprint density at radius 3 is 2.64 bits per heavy atom. The maximum atomic E-state index is 12.5. The third-order valence-corrected chi connectivity index (χ3v) is 5.32. The van der Waals surface area contributed by atoms with Gasteiger partial charge < -0.3 is 26.2 Å². The molecule has 0 radical (unpaired) electrons. The van der Waals surface area contributed by atoms with E-state index in [1.165, 1.54) is 4.88 Å². The number of nitrogens with two attached hydrogens (primary N) is 1. The largest absolute Gasteiger partial charge is 0.497 e. The van der Waals surface area contributed by atoms with Gasteiger partial charge in [-0.2, -0.15) is 0 Å². The number of thiophene rings is 1. The maximum Gasteiger partial charge on any atom is 0.255 e. The molecule has 1 heterocycles. The monoisotopic (exact) mass is 397 g/mol. The van der Waals surface area contributed by atoms with Crippen molar-refractivity contribution in [1.29, 1.82) is 0 Å². The number of benzene rings is 2. The second-order valence-corrected chi connectivity index (χ2v) is 7.32. The molecular weight excluding hydrogens is 374 g/mol. The lowest BCUT2D eigenvalue weighted by atomic mass is 10.1. The Bertz CT molecular complexity index is 938. The minimum absolute atomic E-state index is 0.119. The van der Waals surface area contributed by atoms with E-state index in [9.17, 15) is 4.79 Å². The normalized spacial score (nSPS) is 10.6. The Kier molecular flexibility index (Phi) is 6.65. The van der Waals surface area contributed by atoms with E-state index in [0.29, 0.717) is 35.8 Å². The van der Waals surface area contributed by atoms with E-state index < -0.39 is 0 Å². The fourth-order valence-electron chi connectivity index (χ4n) is 2.67. The zero-order chi connectivity index (χ0) is 19.9. The highest BCUT2D eigenvalue weighted by Gasteiger charge is 2.11. The van der Waals surface area contributed by atoms with Gasteiger partial charge >= 0.3 is 0 Å². The Morgan fingerprint density at radius 1 is 1.14 bits per heavy atom. The molecule has 0 fully saturated rings. The van der Waals surface area contributed by atoms with Crippen LogP contribution in [0.4, 0.5) is 11.4 Å². The predicted molar refractivity (Wildman–Crippen MR) is 114 cm³/mol. The average Bonchev–Trinajstić information content (AvgIpc) is 3.19. The van der Waals surface area contributed by atoms with Crippen LogP contribution in [0.5, 0.6) is 5.75 Å². The molecule has 0 aliphatic carbocycles. The lowest BCUT2D eigenvalue weighted by molar-refractivity contribution is 0.102. The Morgan fingerprint density at radius 2 is 1.93 bits per heavy atom. The summed E-state index contributed by atoms with van der Waals surface area (Å²) in [5.74, 6) is 0.464. The van der Waals surface area contributed by atoms with E-state index in [4.69, 9.17) is 15.6 Å². The van der Waals surface area contributed by atoms with Gasteiger partial charge in [0.25, 0.3) is 5.91 Å². The van der Waals surface area contributed by atoms with Gasteiger partial charge in [-0.3, -0.25) is 4.79 Å². The first-order valence-corrected chi connectivity index (χ1v) is 9.68. The number of hydrogen-bond donors (Lipinski definition) is 4. The molecule has 3 aromatic rings. The number of aliphatic hydroxyl groups is 1. The van der Waals surface area contributed by atoms with Crippen LogP contribution in [-0.4, -0.2) is 31.3 Å².